The first-order chi connectivity index (χ1) is 10.8. The fourth-order valence-electron chi connectivity index (χ4n) is 2.48. The number of benzene rings is 2. The van der Waals surface area contributed by atoms with Gasteiger partial charge < -0.3 is 5.11 Å². The molecular formula is C18H21BNO2P. The van der Waals surface area contributed by atoms with Crippen LogP contribution in [0.2, 0.25) is 0 Å². The molecule has 2 radical (unpaired) electrons. The molecule has 0 saturated carbocycles. The van der Waals surface area contributed by atoms with Crippen molar-refractivity contribution in [1.82, 2.24) is 4.67 Å². The number of nitrogens with zero attached hydrogens (tertiary/aromatic N) is 1. The van der Waals surface area contributed by atoms with Gasteiger partial charge in [0.2, 0.25) is 0 Å². The molecular weight excluding hydrogens is 304 g/mol. The number of rotatable bonds is 5. The monoisotopic (exact) mass is 325 g/mol. The van der Waals surface area contributed by atoms with Crippen LogP contribution in [0.15, 0.2) is 60.7 Å². The first-order valence-corrected chi connectivity index (χ1v) is 8.79. The Hall–Kier alpha value is -1.64. The van der Waals surface area contributed by atoms with Crippen LogP contribution in [0.3, 0.4) is 0 Å². The first-order valence-electron chi connectivity index (χ1n) is 7.50. The van der Waals surface area contributed by atoms with Gasteiger partial charge in [-0.25, -0.2) is 0 Å². The predicted molar refractivity (Wildman–Crippen MR) is 97.8 cm³/mol. The van der Waals surface area contributed by atoms with Crippen molar-refractivity contribution in [3.05, 3.63) is 60.7 Å². The highest BCUT2D eigenvalue weighted by molar-refractivity contribution is 7.71. The van der Waals surface area contributed by atoms with Gasteiger partial charge in [-0.2, -0.15) is 0 Å². The van der Waals surface area contributed by atoms with Gasteiger partial charge in [0.25, 0.3) is 0 Å². The number of carbonyl (C=O) groups is 1. The average Bonchev–Trinajstić information content (AvgIpc) is 2.52. The third-order valence-electron chi connectivity index (χ3n) is 3.42. The zero-order valence-corrected chi connectivity index (χ0v) is 14.6. The van der Waals surface area contributed by atoms with Crippen LogP contribution >= 0.6 is 8.07 Å². The summed E-state index contributed by atoms with van der Waals surface area (Å²) in [5.41, 5.74) is -0.394. The molecule has 1 atom stereocenters. The first kappa shape index (κ1) is 17.7. The molecule has 2 aromatic rings. The lowest BCUT2D eigenvalue weighted by molar-refractivity contribution is -0.139. The summed E-state index contributed by atoms with van der Waals surface area (Å²) in [5, 5.41) is 11.7. The van der Waals surface area contributed by atoms with Crippen molar-refractivity contribution in [1.29, 1.82) is 0 Å². The number of hydrogen-bond acceptors (Lipinski definition) is 2. The van der Waals surface area contributed by atoms with Crippen LogP contribution in [0.25, 0.3) is 0 Å². The summed E-state index contributed by atoms with van der Waals surface area (Å²) >= 11 is 0. The van der Waals surface area contributed by atoms with Gasteiger partial charge in [0.15, 0.2) is 0 Å². The number of carboxylic acids is 1. The highest BCUT2D eigenvalue weighted by atomic mass is 31.1. The van der Waals surface area contributed by atoms with E-state index in [4.69, 9.17) is 7.85 Å². The third kappa shape index (κ3) is 4.22. The van der Waals surface area contributed by atoms with Gasteiger partial charge in [-0.15, -0.1) is 0 Å². The van der Waals surface area contributed by atoms with Gasteiger partial charge in [0.1, 0.15) is 7.85 Å². The Kier molecular flexibility index (Phi) is 5.62. The molecule has 0 aliphatic heterocycles. The summed E-state index contributed by atoms with van der Waals surface area (Å²) in [4.78, 5) is 11.6. The Morgan fingerprint density at radius 3 is 1.70 bits per heavy atom. The van der Waals surface area contributed by atoms with E-state index < -0.39 is 25.5 Å². The van der Waals surface area contributed by atoms with E-state index in [0.29, 0.717) is 0 Å². The molecule has 0 heterocycles. The smallest absolute Gasteiger partial charge is 0.311 e. The molecule has 2 rings (SSSR count). The van der Waals surface area contributed by atoms with Crippen molar-refractivity contribution < 1.29 is 9.90 Å². The van der Waals surface area contributed by atoms with E-state index in [1.165, 1.54) is 0 Å². The van der Waals surface area contributed by atoms with Crippen molar-refractivity contribution in [2.75, 3.05) is 0 Å². The summed E-state index contributed by atoms with van der Waals surface area (Å²) in [7, 11) is 5.02. The zero-order valence-electron chi connectivity index (χ0n) is 13.7. The standard InChI is InChI=1S/C18H21BNO2P/c1-18(2,3)20(16(19)17(21)22)23(14-10-6-4-7-11-14)15-12-8-5-9-13-15/h4-13,16H,1-3H3,(H,21,22). The van der Waals surface area contributed by atoms with Crippen LogP contribution in [0.1, 0.15) is 20.8 Å². The molecule has 23 heavy (non-hydrogen) atoms. The Balaban J connectivity index is 2.61. The summed E-state index contributed by atoms with van der Waals surface area (Å²) in [5.74, 6) is -2.08. The van der Waals surface area contributed by atoms with Crippen molar-refractivity contribution in [3.8, 4) is 0 Å². The predicted octanol–water partition coefficient (Wildman–Crippen LogP) is 2.71. The van der Waals surface area contributed by atoms with E-state index in [1.54, 1.807) is 0 Å². The van der Waals surface area contributed by atoms with Gasteiger partial charge >= 0.3 is 5.97 Å². The molecule has 0 aromatic heterocycles. The maximum atomic E-state index is 11.6. The van der Waals surface area contributed by atoms with E-state index in [-0.39, 0.29) is 0 Å². The van der Waals surface area contributed by atoms with Gasteiger partial charge in [-0.3, -0.25) is 9.46 Å². The molecule has 0 fully saturated rings. The second-order valence-corrected chi connectivity index (χ2v) is 8.37. The summed E-state index contributed by atoms with van der Waals surface area (Å²) in [6.45, 7) is 5.99. The maximum absolute atomic E-state index is 11.6. The molecule has 0 aliphatic carbocycles. The largest absolute Gasteiger partial charge is 0.481 e. The fourth-order valence-corrected chi connectivity index (χ4v) is 5.13. The topological polar surface area (TPSA) is 40.5 Å². The lowest BCUT2D eigenvalue weighted by atomic mass is 9.93. The molecule has 5 heteroatoms. The van der Waals surface area contributed by atoms with Crippen LogP contribution in [0.4, 0.5) is 0 Å². The molecule has 0 saturated heterocycles. The van der Waals surface area contributed by atoms with Crippen molar-refractivity contribution >= 4 is 32.5 Å². The highest BCUT2D eigenvalue weighted by Crippen LogP contribution is 2.44. The van der Waals surface area contributed by atoms with E-state index >= 15 is 0 Å². The van der Waals surface area contributed by atoms with E-state index in [0.717, 1.165) is 10.6 Å². The van der Waals surface area contributed by atoms with E-state index in [1.807, 2.05) is 86.1 Å². The fraction of sp³-hybridized carbons (Fsp3) is 0.278. The van der Waals surface area contributed by atoms with Crippen molar-refractivity contribution in [3.63, 3.8) is 0 Å². The Morgan fingerprint density at radius 1 is 1.00 bits per heavy atom. The lowest BCUT2D eigenvalue weighted by Crippen LogP contribution is -2.51. The second kappa shape index (κ2) is 7.29. The minimum absolute atomic E-state index is 0.394. The molecule has 1 N–H and O–H groups in total. The summed E-state index contributed by atoms with van der Waals surface area (Å²) < 4.78 is 1.91. The van der Waals surface area contributed by atoms with Gasteiger partial charge in [0.05, 0.1) is 5.94 Å². The van der Waals surface area contributed by atoms with E-state index in [2.05, 4.69) is 0 Å². The highest BCUT2D eigenvalue weighted by Gasteiger charge is 2.37. The van der Waals surface area contributed by atoms with Crippen LogP contribution < -0.4 is 10.6 Å². The average molecular weight is 325 g/mol. The zero-order chi connectivity index (χ0) is 17.0. The number of aliphatic carboxylic acids is 1. The molecule has 0 bridgehead atoms. The Morgan fingerprint density at radius 2 is 1.39 bits per heavy atom. The lowest BCUT2D eigenvalue weighted by Gasteiger charge is -2.44. The molecule has 0 amide bonds. The molecule has 0 spiro atoms. The summed E-state index contributed by atoms with van der Waals surface area (Å²) in [6.07, 6.45) is 0. The molecule has 118 valence electrons. The minimum atomic E-state index is -1.07. The van der Waals surface area contributed by atoms with Crippen LogP contribution in [0.5, 0.6) is 0 Å². The summed E-state index contributed by atoms with van der Waals surface area (Å²) in [6, 6.07) is 19.9. The molecule has 0 aliphatic rings. The molecule has 1 unspecified atom stereocenters. The second-order valence-electron chi connectivity index (χ2n) is 6.28. The maximum Gasteiger partial charge on any atom is 0.311 e. The van der Waals surface area contributed by atoms with E-state index in [9.17, 15) is 9.90 Å². The number of carboxylic acid groups (broad SMARTS) is 1. The van der Waals surface area contributed by atoms with Crippen LogP contribution in [-0.4, -0.2) is 35.1 Å². The van der Waals surface area contributed by atoms with Gasteiger partial charge in [-0.05, 0) is 31.4 Å². The van der Waals surface area contributed by atoms with Crippen LogP contribution in [-0.2, 0) is 4.79 Å². The normalized spacial score (nSPS) is 13.3. The van der Waals surface area contributed by atoms with Gasteiger partial charge in [0, 0.05) is 13.6 Å². The molecule has 2 aromatic carbocycles. The van der Waals surface area contributed by atoms with Gasteiger partial charge in [-0.1, -0.05) is 60.7 Å². The Labute approximate surface area is 140 Å². The van der Waals surface area contributed by atoms with Crippen LogP contribution in [0, 0.1) is 0 Å². The quantitative estimate of drug-likeness (QED) is 0.679. The molecule has 3 nitrogen and oxygen atoms in total. The minimum Gasteiger partial charge on any atom is -0.481 e. The number of hydrogen-bond donors (Lipinski definition) is 1. The van der Waals surface area contributed by atoms with Crippen molar-refractivity contribution in [2.24, 2.45) is 0 Å². The third-order valence-corrected chi connectivity index (χ3v) is 6.28. The Bertz CT molecular complexity index is 604. The SMILES string of the molecule is [B]C(C(=O)O)N(P(c1ccccc1)c1ccccc1)C(C)(C)C. The van der Waals surface area contributed by atoms with Crippen molar-refractivity contribution in [2.45, 2.75) is 32.3 Å².